The van der Waals surface area contributed by atoms with E-state index in [9.17, 15) is 19.1 Å². The van der Waals surface area contributed by atoms with Gasteiger partial charge in [-0.15, -0.1) is 10.2 Å². The molecule has 6 rings (SSSR count). The van der Waals surface area contributed by atoms with E-state index in [1.54, 1.807) is 48.5 Å². The summed E-state index contributed by atoms with van der Waals surface area (Å²) in [7, 11) is 0. The highest BCUT2D eigenvalue weighted by Gasteiger charge is 2.48. The number of anilines is 1. The van der Waals surface area contributed by atoms with E-state index >= 15 is 0 Å². The molecule has 2 aliphatic rings. The quantitative estimate of drug-likeness (QED) is 0.0622. The molecule has 0 saturated carbocycles. The smallest absolute Gasteiger partial charge is 0.301 e. The SMILES string of the molecule is CCCOc1ccc([C@@H]2C(=C(O)c3ccc4c(c3)OCCO4)C(=O)C(=O)N2c2nnc(SCc3ccc(F)cc3)s2)cc1OCC. The van der Waals surface area contributed by atoms with Gasteiger partial charge in [-0.25, -0.2) is 4.39 Å². The van der Waals surface area contributed by atoms with Gasteiger partial charge in [-0.3, -0.25) is 14.5 Å². The van der Waals surface area contributed by atoms with Gasteiger partial charge in [0, 0.05) is 11.3 Å². The minimum atomic E-state index is -1.06. The lowest BCUT2D eigenvalue weighted by Crippen LogP contribution is -2.29. The van der Waals surface area contributed by atoms with Crippen LogP contribution in [-0.4, -0.2) is 53.4 Å². The molecule has 0 spiro atoms. The fourth-order valence-electron chi connectivity index (χ4n) is 5.07. The van der Waals surface area contributed by atoms with Crippen molar-refractivity contribution < 1.29 is 38.0 Å². The fraction of sp³-hybridized carbons (Fsp3) is 0.273. The van der Waals surface area contributed by atoms with E-state index in [2.05, 4.69) is 10.2 Å². The van der Waals surface area contributed by atoms with Gasteiger partial charge in [0.2, 0.25) is 5.13 Å². The lowest BCUT2D eigenvalue weighted by molar-refractivity contribution is -0.132. The molecule has 2 aliphatic heterocycles. The van der Waals surface area contributed by atoms with E-state index in [4.69, 9.17) is 18.9 Å². The number of ketones is 1. The Morgan fingerprint density at radius 3 is 2.54 bits per heavy atom. The second-order valence-electron chi connectivity index (χ2n) is 10.3. The van der Waals surface area contributed by atoms with Crippen molar-refractivity contribution in [3.8, 4) is 23.0 Å². The number of ether oxygens (including phenoxy) is 4. The van der Waals surface area contributed by atoms with E-state index in [-0.39, 0.29) is 27.8 Å². The maximum absolute atomic E-state index is 13.7. The average Bonchev–Trinajstić information content (AvgIpc) is 3.65. The second-order valence-corrected chi connectivity index (χ2v) is 12.5. The lowest BCUT2D eigenvalue weighted by atomic mass is 9.95. The van der Waals surface area contributed by atoms with Crippen LogP contribution < -0.4 is 23.8 Å². The summed E-state index contributed by atoms with van der Waals surface area (Å²) in [4.78, 5) is 28.7. The zero-order chi connectivity index (χ0) is 32.2. The number of carbonyl (C=O) groups is 2. The number of amides is 1. The van der Waals surface area contributed by atoms with Crippen LogP contribution in [0.1, 0.15) is 43.0 Å². The molecule has 1 saturated heterocycles. The van der Waals surface area contributed by atoms with Crippen molar-refractivity contribution in [3.05, 3.63) is 88.7 Å². The molecule has 0 bridgehead atoms. The van der Waals surface area contributed by atoms with Gasteiger partial charge in [0.15, 0.2) is 27.3 Å². The van der Waals surface area contributed by atoms with Crippen molar-refractivity contribution in [1.82, 2.24) is 10.2 Å². The van der Waals surface area contributed by atoms with E-state index in [1.165, 1.54) is 28.8 Å². The fourth-order valence-corrected chi connectivity index (χ4v) is 6.89. The average molecular weight is 664 g/mol. The summed E-state index contributed by atoms with van der Waals surface area (Å²) in [6.07, 6.45) is 0.793. The van der Waals surface area contributed by atoms with Crippen LogP contribution in [0, 0.1) is 5.82 Å². The molecule has 0 aliphatic carbocycles. The zero-order valence-electron chi connectivity index (χ0n) is 25.0. The molecule has 1 amide bonds. The van der Waals surface area contributed by atoms with Crippen LogP contribution in [0.4, 0.5) is 9.52 Å². The zero-order valence-corrected chi connectivity index (χ0v) is 26.7. The molecule has 46 heavy (non-hydrogen) atoms. The minimum absolute atomic E-state index is 0.123. The number of fused-ring (bicyclic) bond motifs is 1. The van der Waals surface area contributed by atoms with Gasteiger partial charge >= 0.3 is 5.91 Å². The first-order chi connectivity index (χ1) is 22.4. The highest BCUT2D eigenvalue weighted by Crippen LogP contribution is 2.46. The van der Waals surface area contributed by atoms with E-state index in [0.717, 1.165) is 23.3 Å². The molecule has 1 aromatic heterocycles. The molecular weight excluding hydrogens is 634 g/mol. The van der Waals surface area contributed by atoms with Gasteiger partial charge in [0.05, 0.1) is 24.8 Å². The molecule has 3 heterocycles. The van der Waals surface area contributed by atoms with Gasteiger partial charge in [0.25, 0.3) is 5.78 Å². The molecule has 1 fully saturated rings. The number of aliphatic hydroxyl groups excluding tert-OH is 1. The van der Waals surface area contributed by atoms with Gasteiger partial charge < -0.3 is 24.1 Å². The molecule has 238 valence electrons. The summed E-state index contributed by atoms with van der Waals surface area (Å²) in [6.45, 7) is 5.41. The highest BCUT2D eigenvalue weighted by molar-refractivity contribution is 8.00. The number of aromatic nitrogens is 2. The summed E-state index contributed by atoms with van der Waals surface area (Å²) in [6, 6.07) is 15.1. The standard InChI is InChI=1S/C33H30FN3O7S2/c1-3-13-42-23-11-7-20(16-25(23)41-4-2)28-27(29(38)21-8-12-24-26(17-21)44-15-14-43-24)30(39)31(40)37(28)32-35-36-33(46-32)45-18-19-5-9-22(34)10-6-19/h5-12,16-17,28,38H,3-4,13-15,18H2,1-2H3/t28-/m1/s1. The predicted molar refractivity (Wildman–Crippen MR) is 171 cm³/mol. The summed E-state index contributed by atoms with van der Waals surface area (Å²) < 4.78 is 36.9. The van der Waals surface area contributed by atoms with Gasteiger partial charge in [-0.1, -0.05) is 48.2 Å². The van der Waals surface area contributed by atoms with Gasteiger partial charge in [-0.2, -0.15) is 0 Å². The number of nitrogens with zero attached hydrogens (tertiary/aromatic N) is 3. The third-order valence-corrected chi connectivity index (χ3v) is 9.31. The Balaban J connectivity index is 1.42. The highest BCUT2D eigenvalue weighted by atomic mass is 32.2. The number of Topliss-reactive ketones (excluding diaryl/α,β-unsaturated/α-hetero) is 1. The van der Waals surface area contributed by atoms with Crippen molar-refractivity contribution in [3.63, 3.8) is 0 Å². The molecule has 0 unspecified atom stereocenters. The van der Waals surface area contributed by atoms with E-state index in [1.807, 2.05) is 13.8 Å². The molecule has 13 heteroatoms. The summed E-state index contributed by atoms with van der Waals surface area (Å²) in [5, 5.41) is 20.3. The summed E-state index contributed by atoms with van der Waals surface area (Å²) in [5.74, 6) is -0.0428. The van der Waals surface area contributed by atoms with Crippen molar-refractivity contribution in [2.75, 3.05) is 31.3 Å². The van der Waals surface area contributed by atoms with Crippen LogP contribution in [0.25, 0.3) is 5.76 Å². The first-order valence-electron chi connectivity index (χ1n) is 14.7. The first kappa shape index (κ1) is 31.4. The van der Waals surface area contributed by atoms with Gasteiger partial charge in [0.1, 0.15) is 24.8 Å². The lowest BCUT2D eigenvalue weighted by Gasteiger charge is -2.24. The Labute approximate surface area is 272 Å². The van der Waals surface area contributed by atoms with Crippen LogP contribution >= 0.6 is 23.1 Å². The summed E-state index contributed by atoms with van der Waals surface area (Å²) in [5.41, 5.74) is 1.55. The number of hydrogen-bond acceptors (Lipinski definition) is 11. The number of halogens is 1. The predicted octanol–water partition coefficient (Wildman–Crippen LogP) is 6.55. The number of aliphatic hydroxyl groups is 1. The van der Waals surface area contributed by atoms with Crippen molar-refractivity contribution in [2.24, 2.45) is 0 Å². The molecular formula is C33H30FN3O7S2. The number of thioether (sulfide) groups is 1. The molecule has 4 aromatic rings. The van der Waals surface area contributed by atoms with E-state index in [0.29, 0.717) is 65.1 Å². The van der Waals surface area contributed by atoms with Crippen LogP contribution in [0.3, 0.4) is 0 Å². The Morgan fingerprint density at radius 1 is 1.00 bits per heavy atom. The van der Waals surface area contributed by atoms with Crippen LogP contribution in [0.15, 0.2) is 70.6 Å². The van der Waals surface area contributed by atoms with Crippen LogP contribution in [0.2, 0.25) is 0 Å². The monoisotopic (exact) mass is 663 g/mol. The minimum Gasteiger partial charge on any atom is -0.507 e. The van der Waals surface area contributed by atoms with Gasteiger partial charge in [-0.05, 0) is 66.9 Å². The Kier molecular flexibility index (Phi) is 9.41. The summed E-state index contributed by atoms with van der Waals surface area (Å²) >= 11 is 2.51. The first-order valence-corrected chi connectivity index (χ1v) is 16.5. The number of benzene rings is 3. The number of hydrogen-bond donors (Lipinski definition) is 1. The van der Waals surface area contributed by atoms with Crippen molar-refractivity contribution in [1.29, 1.82) is 0 Å². The number of carbonyl (C=O) groups excluding carboxylic acids is 2. The number of rotatable bonds is 11. The molecule has 0 radical (unpaired) electrons. The van der Waals surface area contributed by atoms with Crippen molar-refractivity contribution in [2.45, 2.75) is 36.4 Å². The maximum atomic E-state index is 13.7. The Morgan fingerprint density at radius 2 is 1.78 bits per heavy atom. The Bertz CT molecular complexity index is 1790. The van der Waals surface area contributed by atoms with Crippen LogP contribution in [0.5, 0.6) is 23.0 Å². The molecule has 1 atom stereocenters. The Hall–Kier alpha value is -4.62. The maximum Gasteiger partial charge on any atom is 0.301 e. The molecule has 3 aromatic carbocycles. The van der Waals surface area contributed by atoms with Crippen molar-refractivity contribution >= 4 is 45.7 Å². The second kappa shape index (κ2) is 13.8. The topological polar surface area (TPSA) is 120 Å². The largest absolute Gasteiger partial charge is 0.507 e. The third-order valence-electron chi connectivity index (χ3n) is 7.18. The molecule has 10 nitrogen and oxygen atoms in total. The third kappa shape index (κ3) is 6.38. The normalized spacial score (nSPS) is 16.9. The van der Waals surface area contributed by atoms with Crippen LogP contribution in [-0.2, 0) is 15.3 Å². The van der Waals surface area contributed by atoms with E-state index < -0.39 is 17.7 Å². The molecule has 1 N–H and O–H groups in total.